The number of halogens is 4. The van der Waals surface area contributed by atoms with Gasteiger partial charge in [0.25, 0.3) is 5.56 Å². The van der Waals surface area contributed by atoms with Crippen LogP contribution >= 0.6 is 0 Å². The third-order valence-corrected chi connectivity index (χ3v) is 4.81. The van der Waals surface area contributed by atoms with Crippen molar-refractivity contribution in [2.45, 2.75) is 31.0 Å². The third kappa shape index (κ3) is 4.02. The van der Waals surface area contributed by atoms with Gasteiger partial charge in [-0.25, -0.2) is 4.39 Å². The van der Waals surface area contributed by atoms with Crippen LogP contribution in [0.3, 0.4) is 0 Å². The van der Waals surface area contributed by atoms with Crippen LogP contribution in [0.15, 0.2) is 41.5 Å². The van der Waals surface area contributed by atoms with E-state index in [1.54, 1.807) is 0 Å². The third-order valence-electron chi connectivity index (χ3n) is 4.81. The number of hydrogen-bond donors (Lipinski definition) is 1. The highest BCUT2D eigenvalue weighted by molar-refractivity contribution is 5.82. The number of aliphatic hydroxyl groups excluding tert-OH is 1. The van der Waals surface area contributed by atoms with Crippen molar-refractivity contribution in [1.82, 2.24) is 14.5 Å². The average Bonchev–Trinajstić information content (AvgIpc) is 3.52. The number of aromatic nitrogens is 3. The highest BCUT2D eigenvalue weighted by Crippen LogP contribution is 2.47. The average molecular weight is 420 g/mol. The summed E-state index contributed by atoms with van der Waals surface area (Å²) in [5, 5.41) is 16.5. The number of alkyl halides is 3. The lowest BCUT2D eigenvalue weighted by molar-refractivity contribution is -0.140. The van der Waals surface area contributed by atoms with E-state index in [0.29, 0.717) is 28.4 Å². The lowest BCUT2D eigenvalue weighted by Crippen LogP contribution is -2.27. The molecular weight excluding hydrogens is 404 g/mol. The van der Waals surface area contributed by atoms with Crippen molar-refractivity contribution < 1.29 is 22.7 Å². The van der Waals surface area contributed by atoms with Gasteiger partial charge in [-0.15, -0.1) is 0 Å². The van der Waals surface area contributed by atoms with E-state index in [1.165, 1.54) is 24.4 Å². The number of pyridine rings is 3. The molecule has 30 heavy (non-hydrogen) atoms. The topological polar surface area (TPSA) is 91.8 Å². The van der Waals surface area contributed by atoms with Gasteiger partial charge in [0.1, 0.15) is 12.2 Å². The molecule has 3 heterocycles. The first-order valence-electron chi connectivity index (χ1n) is 8.81. The normalized spacial score (nSPS) is 14.6. The first-order chi connectivity index (χ1) is 14.2. The zero-order chi connectivity index (χ0) is 22.1. The van der Waals surface area contributed by atoms with Gasteiger partial charge in [-0.2, -0.15) is 18.4 Å². The summed E-state index contributed by atoms with van der Waals surface area (Å²) < 4.78 is 53.4. The number of aliphatic hydroxyl groups is 1. The molecule has 1 saturated carbocycles. The fourth-order valence-electron chi connectivity index (χ4n) is 3.14. The molecule has 0 saturated heterocycles. The maximum absolute atomic E-state index is 14.6. The van der Waals surface area contributed by atoms with Gasteiger partial charge >= 0.3 is 6.18 Å². The van der Waals surface area contributed by atoms with Crippen LogP contribution in [0.2, 0.25) is 0 Å². The smallest absolute Gasteiger partial charge is 0.400 e. The van der Waals surface area contributed by atoms with Gasteiger partial charge in [0.15, 0.2) is 5.82 Å². The van der Waals surface area contributed by atoms with Gasteiger partial charge < -0.3 is 5.11 Å². The van der Waals surface area contributed by atoms with E-state index in [0.717, 1.165) is 19.4 Å². The maximum atomic E-state index is 14.6. The summed E-state index contributed by atoms with van der Waals surface area (Å²) in [7, 11) is 1.00. The van der Waals surface area contributed by atoms with E-state index in [9.17, 15) is 27.6 Å². The van der Waals surface area contributed by atoms with Crippen LogP contribution in [-0.2, 0) is 12.0 Å². The van der Waals surface area contributed by atoms with Crippen LogP contribution in [0.5, 0.6) is 0 Å². The molecule has 0 aromatic carbocycles. The zero-order valence-electron chi connectivity index (χ0n) is 15.7. The minimum atomic E-state index is -4.57. The molecule has 3 aromatic rings. The quantitative estimate of drug-likeness (QED) is 0.657. The van der Waals surface area contributed by atoms with Gasteiger partial charge in [0, 0.05) is 24.8 Å². The number of rotatable bonds is 3. The number of fused-ring (bicyclic) bond motifs is 1. The molecule has 0 aliphatic heterocycles. The first-order valence-corrected chi connectivity index (χ1v) is 8.81. The van der Waals surface area contributed by atoms with Crippen LogP contribution in [0.1, 0.15) is 18.4 Å². The number of nitrogens with zero attached hydrogens (tertiary/aromatic N) is 4. The molecule has 1 aliphatic rings. The van der Waals surface area contributed by atoms with Crippen LogP contribution in [0.4, 0.5) is 17.6 Å². The first kappa shape index (κ1) is 21.4. The zero-order valence-corrected chi connectivity index (χ0v) is 15.7. The predicted octanol–water partition coefficient (Wildman–Crippen LogP) is 3.32. The molecule has 156 valence electrons. The van der Waals surface area contributed by atoms with Crippen molar-refractivity contribution in [1.29, 1.82) is 5.26 Å². The Labute approximate surface area is 168 Å². The molecule has 6 nitrogen and oxygen atoms in total. The van der Waals surface area contributed by atoms with Crippen molar-refractivity contribution >= 4 is 10.9 Å². The van der Waals surface area contributed by atoms with Gasteiger partial charge in [0.2, 0.25) is 0 Å². The summed E-state index contributed by atoms with van der Waals surface area (Å²) in [6, 6.07) is 7.17. The lowest BCUT2D eigenvalue weighted by Gasteiger charge is -2.13. The van der Waals surface area contributed by atoms with Crippen molar-refractivity contribution in [2.75, 3.05) is 7.11 Å². The SMILES string of the molecule is CO.N#CC1(c2cnc(-c3cc4ccc(=O)n(CC(F)(F)F)c4cn3)c(F)c2)CC1. The largest absolute Gasteiger partial charge is 0.406 e. The minimum absolute atomic E-state index is 0.00739. The molecule has 0 bridgehead atoms. The van der Waals surface area contributed by atoms with Crippen LogP contribution < -0.4 is 5.56 Å². The monoisotopic (exact) mass is 420 g/mol. The van der Waals surface area contributed by atoms with E-state index in [1.807, 2.05) is 0 Å². The summed E-state index contributed by atoms with van der Waals surface area (Å²) in [4.78, 5) is 19.9. The Morgan fingerprint density at radius 3 is 2.47 bits per heavy atom. The minimum Gasteiger partial charge on any atom is -0.400 e. The summed E-state index contributed by atoms with van der Waals surface area (Å²) in [6.45, 7) is -1.44. The molecule has 4 rings (SSSR count). The summed E-state index contributed by atoms with van der Waals surface area (Å²) in [6.07, 6.45) is -0.751. The molecule has 0 unspecified atom stereocenters. The second kappa shape index (κ2) is 7.84. The standard InChI is InChI=1S/C19H12F4N4O.CH4O/c20-13-6-12(18(9-24)3-4-18)7-26-17(13)14-5-11-1-2-16(28)27(10-19(21,22)23)15(11)8-25-14;1-2/h1-2,5-8H,3-4,10H2;2H,1H3. The summed E-state index contributed by atoms with van der Waals surface area (Å²) in [5.74, 6) is -0.672. The van der Waals surface area contributed by atoms with Crippen molar-refractivity contribution in [3.63, 3.8) is 0 Å². The predicted molar refractivity (Wildman–Crippen MR) is 99.9 cm³/mol. The number of hydrogen-bond acceptors (Lipinski definition) is 5. The molecule has 1 fully saturated rings. The van der Waals surface area contributed by atoms with Crippen molar-refractivity contribution in [3.05, 3.63) is 58.4 Å². The van der Waals surface area contributed by atoms with E-state index in [-0.39, 0.29) is 16.9 Å². The van der Waals surface area contributed by atoms with Gasteiger partial charge in [-0.05, 0) is 36.6 Å². The summed E-state index contributed by atoms with van der Waals surface area (Å²) >= 11 is 0. The second-order valence-corrected chi connectivity index (χ2v) is 6.75. The van der Waals surface area contributed by atoms with Crippen LogP contribution in [-0.4, -0.2) is 32.9 Å². The van der Waals surface area contributed by atoms with E-state index in [2.05, 4.69) is 16.0 Å². The fraction of sp³-hybridized carbons (Fsp3) is 0.300. The lowest BCUT2D eigenvalue weighted by atomic mass is 9.99. The molecular formula is C20H16F4N4O2. The Kier molecular flexibility index (Phi) is 5.59. The molecule has 0 spiro atoms. The summed E-state index contributed by atoms with van der Waals surface area (Å²) in [5.41, 5.74) is -0.956. The molecule has 10 heteroatoms. The van der Waals surface area contributed by atoms with Crippen LogP contribution in [0.25, 0.3) is 22.3 Å². The Morgan fingerprint density at radius 1 is 1.20 bits per heavy atom. The Bertz CT molecular complexity index is 1190. The van der Waals surface area contributed by atoms with Crippen LogP contribution in [0, 0.1) is 17.1 Å². The van der Waals surface area contributed by atoms with Crippen molar-refractivity contribution in [2.24, 2.45) is 0 Å². The Hall–Kier alpha value is -3.32. The molecule has 0 amide bonds. The van der Waals surface area contributed by atoms with Gasteiger partial charge in [0.05, 0.1) is 28.9 Å². The second-order valence-electron chi connectivity index (χ2n) is 6.75. The molecule has 1 aliphatic carbocycles. The Balaban J connectivity index is 0.00000124. The van der Waals surface area contributed by atoms with Gasteiger partial charge in [-0.1, -0.05) is 0 Å². The highest BCUT2D eigenvalue weighted by atomic mass is 19.4. The van der Waals surface area contributed by atoms with E-state index in [4.69, 9.17) is 5.11 Å². The van der Waals surface area contributed by atoms with E-state index >= 15 is 0 Å². The Morgan fingerprint density at radius 2 is 1.90 bits per heavy atom. The molecule has 3 aromatic heterocycles. The van der Waals surface area contributed by atoms with Gasteiger partial charge in [-0.3, -0.25) is 19.3 Å². The number of nitriles is 1. The fourth-order valence-corrected chi connectivity index (χ4v) is 3.14. The molecule has 0 radical (unpaired) electrons. The molecule has 1 N–H and O–H groups in total. The van der Waals surface area contributed by atoms with Crippen molar-refractivity contribution in [3.8, 4) is 17.5 Å². The van der Waals surface area contributed by atoms with E-state index < -0.39 is 29.5 Å². The maximum Gasteiger partial charge on any atom is 0.406 e. The molecule has 0 atom stereocenters. The highest BCUT2D eigenvalue weighted by Gasteiger charge is 2.45.